The molecule has 0 saturated heterocycles. The number of carbonyl (C=O) groups is 1. The lowest BCUT2D eigenvalue weighted by molar-refractivity contribution is 0.102. The Morgan fingerprint density at radius 1 is 1.17 bits per heavy atom. The molecule has 1 N–H and O–H groups in total. The van der Waals surface area contributed by atoms with E-state index in [0.717, 1.165) is 11.1 Å². The molecule has 1 heterocycles. The summed E-state index contributed by atoms with van der Waals surface area (Å²) in [4.78, 5) is 16.3. The maximum atomic E-state index is 13.6. The van der Waals surface area contributed by atoms with Gasteiger partial charge in [-0.3, -0.25) is 4.79 Å². The number of hydrogen-bond acceptors (Lipinski definition) is 4. The predicted octanol–water partition coefficient (Wildman–Crippen LogP) is 3.74. The summed E-state index contributed by atoms with van der Waals surface area (Å²) < 4.78 is 18.6. The van der Waals surface area contributed by atoms with Gasteiger partial charge in [-0.25, -0.2) is 4.39 Å². The van der Waals surface area contributed by atoms with Gasteiger partial charge in [-0.2, -0.15) is 4.98 Å². The Labute approximate surface area is 132 Å². The minimum absolute atomic E-state index is 0.00442. The van der Waals surface area contributed by atoms with Gasteiger partial charge in [0.15, 0.2) is 0 Å². The number of amides is 1. The van der Waals surface area contributed by atoms with Crippen molar-refractivity contribution in [2.45, 2.75) is 13.8 Å². The molecule has 0 bridgehead atoms. The van der Waals surface area contributed by atoms with Crippen LogP contribution in [-0.2, 0) is 0 Å². The van der Waals surface area contributed by atoms with E-state index in [1.807, 2.05) is 13.0 Å². The molecule has 0 aliphatic carbocycles. The normalized spacial score (nSPS) is 10.6. The van der Waals surface area contributed by atoms with E-state index in [-0.39, 0.29) is 5.56 Å². The summed E-state index contributed by atoms with van der Waals surface area (Å²) in [5.41, 5.74) is 2.20. The molecule has 0 aliphatic rings. The van der Waals surface area contributed by atoms with Crippen LogP contribution >= 0.6 is 0 Å². The standard InChI is InChI=1S/C17H14FN3O2/c1-10-9-12(16-19-11(2)23-21-16)7-8-15(10)20-17(22)13-5-3-4-6-14(13)18/h3-9H,1-2H3,(H,20,22). The van der Waals surface area contributed by atoms with Crippen LogP contribution in [0.1, 0.15) is 21.8 Å². The number of hydrogen-bond donors (Lipinski definition) is 1. The quantitative estimate of drug-likeness (QED) is 0.800. The molecule has 116 valence electrons. The molecule has 1 aromatic heterocycles. The number of aromatic nitrogens is 2. The van der Waals surface area contributed by atoms with Crippen molar-refractivity contribution in [2.24, 2.45) is 0 Å². The second-order valence-electron chi connectivity index (χ2n) is 5.10. The highest BCUT2D eigenvalue weighted by Crippen LogP contribution is 2.23. The minimum atomic E-state index is -0.554. The van der Waals surface area contributed by atoms with Gasteiger partial charge in [-0.15, -0.1) is 0 Å². The number of rotatable bonds is 3. The molecule has 0 spiro atoms. The van der Waals surface area contributed by atoms with E-state index < -0.39 is 11.7 Å². The van der Waals surface area contributed by atoms with Crippen LogP contribution in [0.4, 0.5) is 10.1 Å². The fourth-order valence-electron chi connectivity index (χ4n) is 2.19. The third kappa shape index (κ3) is 3.11. The van der Waals surface area contributed by atoms with Gasteiger partial charge in [0.2, 0.25) is 11.7 Å². The summed E-state index contributed by atoms with van der Waals surface area (Å²) in [6.45, 7) is 3.56. The minimum Gasteiger partial charge on any atom is -0.339 e. The third-order valence-electron chi connectivity index (χ3n) is 3.38. The molecule has 0 atom stereocenters. The van der Waals surface area contributed by atoms with Crippen LogP contribution in [0.25, 0.3) is 11.4 Å². The van der Waals surface area contributed by atoms with Crippen LogP contribution in [0.15, 0.2) is 47.0 Å². The number of halogens is 1. The Kier molecular flexibility index (Phi) is 3.89. The summed E-state index contributed by atoms with van der Waals surface area (Å²) in [7, 11) is 0. The highest BCUT2D eigenvalue weighted by atomic mass is 19.1. The number of anilines is 1. The zero-order valence-electron chi connectivity index (χ0n) is 12.6. The Morgan fingerprint density at radius 3 is 2.61 bits per heavy atom. The molecule has 0 fully saturated rings. The predicted molar refractivity (Wildman–Crippen MR) is 83.6 cm³/mol. The first-order valence-electron chi connectivity index (χ1n) is 7.02. The lowest BCUT2D eigenvalue weighted by Gasteiger charge is -2.09. The molecule has 0 saturated carbocycles. The van der Waals surface area contributed by atoms with Gasteiger partial charge in [0.25, 0.3) is 5.91 Å². The van der Waals surface area contributed by atoms with Crippen molar-refractivity contribution in [1.29, 1.82) is 0 Å². The fraction of sp³-hybridized carbons (Fsp3) is 0.118. The van der Waals surface area contributed by atoms with Gasteiger partial charge < -0.3 is 9.84 Å². The molecule has 6 heteroatoms. The second kappa shape index (κ2) is 6.00. The largest absolute Gasteiger partial charge is 0.339 e. The monoisotopic (exact) mass is 311 g/mol. The van der Waals surface area contributed by atoms with E-state index >= 15 is 0 Å². The SMILES string of the molecule is Cc1nc(-c2ccc(NC(=O)c3ccccc3F)c(C)c2)no1. The lowest BCUT2D eigenvalue weighted by atomic mass is 10.1. The van der Waals surface area contributed by atoms with E-state index in [0.29, 0.717) is 17.4 Å². The van der Waals surface area contributed by atoms with Crippen LogP contribution in [0.3, 0.4) is 0 Å². The molecular weight excluding hydrogens is 297 g/mol. The van der Waals surface area contributed by atoms with Crippen molar-refractivity contribution in [3.63, 3.8) is 0 Å². The van der Waals surface area contributed by atoms with Crippen molar-refractivity contribution in [2.75, 3.05) is 5.32 Å². The zero-order chi connectivity index (χ0) is 16.4. The van der Waals surface area contributed by atoms with Crippen LogP contribution in [-0.4, -0.2) is 16.0 Å². The molecule has 0 aliphatic heterocycles. The van der Waals surface area contributed by atoms with E-state index in [1.54, 1.807) is 31.2 Å². The first-order valence-corrected chi connectivity index (χ1v) is 7.02. The van der Waals surface area contributed by atoms with Crippen molar-refractivity contribution in [3.05, 3.63) is 65.3 Å². The van der Waals surface area contributed by atoms with Crippen molar-refractivity contribution >= 4 is 11.6 Å². The highest BCUT2D eigenvalue weighted by Gasteiger charge is 2.13. The second-order valence-corrected chi connectivity index (χ2v) is 5.10. The lowest BCUT2D eigenvalue weighted by Crippen LogP contribution is -2.14. The molecule has 23 heavy (non-hydrogen) atoms. The Bertz CT molecular complexity index is 874. The van der Waals surface area contributed by atoms with Gasteiger partial charge in [0.05, 0.1) is 5.56 Å². The van der Waals surface area contributed by atoms with Crippen LogP contribution in [0.5, 0.6) is 0 Å². The Balaban J connectivity index is 1.84. The van der Waals surface area contributed by atoms with E-state index in [1.165, 1.54) is 12.1 Å². The van der Waals surface area contributed by atoms with Gasteiger partial charge in [-0.05, 0) is 42.8 Å². The smallest absolute Gasteiger partial charge is 0.258 e. The number of benzene rings is 2. The number of aryl methyl sites for hydroxylation is 2. The molecule has 2 aromatic carbocycles. The summed E-state index contributed by atoms with van der Waals surface area (Å²) in [6, 6.07) is 11.2. The fourth-order valence-corrected chi connectivity index (χ4v) is 2.19. The maximum absolute atomic E-state index is 13.6. The third-order valence-corrected chi connectivity index (χ3v) is 3.38. The number of carbonyl (C=O) groups excluding carboxylic acids is 1. The first kappa shape index (κ1) is 14.9. The van der Waals surface area contributed by atoms with Gasteiger partial charge >= 0.3 is 0 Å². The molecule has 5 nitrogen and oxygen atoms in total. The maximum Gasteiger partial charge on any atom is 0.258 e. The van der Waals surface area contributed by atoms with E-state index in [2.05, 4.69) is 15.5 Å². The number of nitrogens with zero attached hydrogens (tertiary/aromatic N) is 2. The summed E-state index contributed by atoms with van der Waals surface area (Å²) in [5, 5.41) is 6.56. The van der Waals surface area contributed by atoms with E-state index in [4.69, 9.17) is 4.52 Å². The Morgan fingerprint density at radius 2 is 1.96 bits per heavy atom. The van der Waals surface area contributed by atoms with Crippen molar-refractivity contribution in [3.8, 4) is 11.4 Å². The Hall–Kier alpha value is -3.02. The molecule has 0 unspecified atom stereocenters. The van der Waals surface area contributed by atoms with E-state index in [9.17, 15) is 9.18 Å². The first-order chi connectivity index (χ1) is 11.0. The van der Waals surface area contributed by atoms with Crippen LogP contribution < -0.4 is 5.32 Å². The van der Waals surface area contributed by atoms with Crippen molar-refractivity contribution in [1.82, 2.24) is 10.1 Å². The highest BCUT2D eigenvalue weighted by molar-refractivity contribution is 6.04. The topological polar surface area (TPSA) is 68.0 Å². The molecule has 3 aromatic rings. The van der Waals surface area contributed by atoms with Gasteiger partial charge in [0, 0.05) is 18.2 Å². The van der Waals surface area contributed by atoms with Crippen LogP contribution in [0.2, 0.25) is 0 Å². The summed E-state index contributed by atoms with van der Waals surface area (Å²) in [6.07, 6.45) is 0. The summed E-state index contributed by atoms with van der Waals surface area (Å²) >= 11 is 0. The number of nitrogens with one attached hydrogen (secondary N) is 1. The van der Waals surface area contributed by atoms with Gasteiger partial charge in [-0.1, -0.05) is 17.3 Å². The molecule has 0 radical (unpaired) electrons. The molecule has 3 rings (SSSR count). The molecule has 1 amide bonds. The van der Waals surface area contributed by atoms with Crippen LogP contribution in [0, 0.1) is 19.7 Å². The average molecular weight is 311 g/mol. The summed E-state index contributed by atoms with van der Waals surface area (Å²) in [5.74, 6) is -0.0805. The molecular formula is C17H14FN3O2. The van der Waals surface area contributed by atoms with Crippen molar-refractivity contribution < 1.29 is 13.7 Å². The average Bonchev–Trinajstić information content (AvgIpc) is 2.96. The van der Waals surface area contributed by atoms with Gasteiger partial charge in [0.1, 0.15) is 5.82 Å². The zero-order valence-corrected chi connectivity index (χ0v) is 12.6.